The van der Waals surface area contributed by atoms with Crippen LogP contribution in [0, 0.1) is 0 Å². The molecule has 0 aromatic rings. The summed E-state index contributed by atoms with van der Waals surface area (Å²) >= 11 is 0. The molecule has 130 valence electrons. The van der Waals surface area contributed by atoms with Crippen LogP contribution in [0.15, 0.2) is 0 Å². The number of nitrogens with zero attached hydrogens (tertiary/aromatic N) is 1. The van der Waals surface area contributed by atoms with E-state index >= 15 is 0 Å². The summed E-state index contributed by atoms with van der Waals surface area (Å²) in [5.41, 5.74) is -1.25. The summed E-state index contributed by atoms with van der Waals surface area (Å²) in [6.45, 7) is 14.8. The molecule has 1 amide bonds. The predicted molar refractivity (Wildman–Crippen MR) is 86.3 cm³/mol. The van der Waals surface area contributed by atoms with Crippen LogP contribution in [0.25, 0.3) is 0 Å². The van der Waals surface area contributed by atoms with Gasteiger partial charge < -0.3 is 23.7 Å². The Balaban J connectivity index is 1.70. The maximum atomic E-state index is 12.4. The lowest BCUT2D eigenvalue weighted by atomic mass is 9.81. The summed E-state index contributed by atoms with van der Waals surface area (Å²) in [4.78, 5) is 14.2. The van der Waals surface area contributed by atoms with E-state index in [1.807, 2.05) is 48.5 Å². The maximum absolute atomic E-state index is 12.4. The molecule has 0 aromatic carbocycles. The second-order valence-corrected chi connectivity index (χ2v) is 8.70. The SMILES string of the molecule is CC(C)(C)OC(=O)N1CCO[C@@H]2[C@@H](B3OC(C)(C)C(C)(C)O3)[C@@H]21. The van der Waals surface area contributed by atoms with Gasteiger partial charge in [-0.25, -0.2) is 4.79 Å². The Hall–Kier alpha value is -0.785. The lowest BCUT2D eigenvalue weighted by Gasteiger charge is -2.32. The second kappa shape index (κ2) is 5.10. The molecular formula is C16H28BNO5. The molecule has 3 rings (SSSR count). The Morgan fingerprint density at radius 2 is 1.74 bits per heavy atom. The number of hydrogen-bond donors (Lipinski definition) is 0. The van der Waals surface area contributed by atoms with Gasteiger partial charge in [0, 0.05) is 12.4 Å². The average Bonchev–Trinajstić information content (AvgIpc) is 3.03. The van der Waals surface area contributed by atoms with Gasteiger partial charge in [-0.15, -0.1) is 0 Å². The van der Waals surface area contributed by atoms with Crippen molar-refractivity contribution in [3.8, 4) is 0 Å². The summed E-state index contributed by atoms with van der Waals surface area (Å²) in [6, 6.07) is -0.0201. The minimum Gasteiger partial charge on any atom is -0.444 e. The Labute approximate surface area is 138 Å². The number of carbonyl (C=O) groups excluding carboxylic acids is 1. The van der Waals surface area contributed by atoms with E-state index in [9.17, 15) is 4.79 Å². The minimum atomic E-state index is -0.500. The molecule has 0 aromatic heterocycles. The van der Waals surface area contributed by atoms with Gasteiger partial charge in [0.15, 0.2) is 0 Å². The molecular weight excluding hydrogens is 297 g/mol. The van der Waals surface area contributed by atoms with Crippen molar-refractivity contribution in [2.45, 2.75) is 83.2 Å². The van der Waals surface area contributed by atoms with E-state index < -0.39 is 5.60 Å². The van der Waals surface area contributed by atoms with Crippen molar-refractivity contribution < 1.29 is 23.6 Å². The number of ether oxygens (including phenoxy) is 2. The van der Waals surface area contributed by atoms with Gasteiger partial charge in [0.05, 0.1) is 30.0 Å². The van der Waals surface area contributed by atoms with Crippen LogP contribution in [0.4, 0.5) is 4.79 Å². The van der Waals surface area contributed by atoms with Gasteiger partial charge in [-0.2, -0.15) is 0 Å². The van der Waals surface area contributed by atoms with Crippen LogP contribution in [0.2, 0.25) is 5.82 Å². The standard InChI is InChI=1S/C16H28BNO5/c1-14(2,3)21-13(19)18-8-9-20-12-10(11(12)18)17-22-15(4,5)16(6,7)23-17/h10-12H,8-9H2,1-7H3/t10-,11-,12+/m0/s1. The fourth-order valence-electron chi connectivity index (χ4n) is 3.22. The Morgan fingerprint density at radius 1 is 1.17 bits per heavy atom. The summed E-state index contributed by atoms with van der Waals surface area (Å²) in [5.74, 6) is 0.0473. The molecule has 6 nitrogen and oxygen atoms in total. The summed E-state index contributed by atoms with van der Waals surface area (Å²) in [7, 11) is -0.349. The van der Waals surface area contributed by atoms with E-state index in [1.54, 1.807) is 4.90 Å². The van der Waals surface area contributed by atoms with E-state index in [0.29, 0.717) is 13.2 Å². The van der Waals surface area contributed by atoms with Crippen LogP contribution in [0.3, 0.4) is 0 Å². The fourth-order valence-corrected chi connectivity index (χ4v) is 3.22. The first-order valence-electron chi connectivity index (χ1n) is 8.40. The third-order valence-electron chi connectivity index (χ3n) is 5.19. The van der Waals surface area contributed by atoms with Crippen LogP contribution >= 0.6 is 0 Å². The van der Waals surface area contributed by atoms with Crippen LogP contribution in [0.1, 0.15) is 48.5 Å². The minimum absolute atomic E-state index is 0.0201. The number of amides is 1. The van der Waals surface area contributed by atoms with Gasteiger partial charge in [-0.1, -0.05) is 0 Å². The third-order valence-corrected chi connectivity index (χ3v) is 5.19. The normalized spacial score (nSPS) is 35.0. The second-order valence-electron chi connectivity index (χ2n) is 8.70. The zero-order chi connectivity index (χ0) is 17.2. The van der Waals surface area contributed by atoms with Crippen molar-refractivity contribution in [1.29, 1.82) is 0 Å². The summed E-state index contributed by atoms with van der Waals surface area (Å²) < 4.78 is 23.6. The molecule has 0 radical (unpaired) electrons. The van der Waals surface area contributed by atoms with E-state index in [2.05, 4.69) is 0 Å². The van der Waals surface area contributed by atoms with E-state index in [-0.39, 0.29) is 42.4 Å². The number of hydrogen-bond acceptors (Lipinski definition) is 5. The Morgan fingerprint density at radius 3 is 2.26 bits per heavy atom. The first-order valence-corrected chi connectivity index (χ1v) is 8.40. The molecule has 3 atom stereocenters. The van der Waals surface area contributed by atoms with Gasteiger partial charge in [-0.3, -0.25) is 0 Å². The summed E-state index contributed by atoms with van der Waals surface area (Å²) in [5, 5.41) is 0. The van der Waals surface area contributed by atoms with Gasteiger partial charge in [0.2, 0.25) is 0 Å². The average molecular weight is 325 g/mol. The Kier molecular flexibility index (Phi) is 3.78. The molecule has 1 saturated carbocycles. The van der Waals surface area contributed by atoms with Crippen LogP contribution < -0.4 is 0 Å². The molecule has 3 aliphatic rings. The monoisotopic (exact) mass is 325 g/mol. The quantitative estimate of drug-likeness (QED) is 0.693. The predicted octanol–water partition coefficient (Wildman–Crippen LogP) is 2.47. The lowest BCUT2D eigenvalue weighted by Crippen LogP contribution is -2.44. The molecule has 3 fully saturated rings. The number of fused-ring (bicyclic) bond motifs is 1. The highest BCUT2D eigenvalue weighted by Crippen LogP contribution is 2.54. The van der Waals surface area contributed by atoms with Gasteiger partial charge in [0.1, 0.15) is 5.60 Å². The van der Waals surface area contributed by atoms with Crippen molar-refractivity contribution >= 4 is 13.2 Å². The molecule has 0 unspecified atom stereocenters. The molecule has 23 heavy (non-hydrogen) atoms. The number of morpholine rings is 1. The van der Waals surface area contributed by atoms with E-state index in [4.69, 9.17) is 18.8 Å². The van der Waals surface area contributed by atoms with E-state index in [0.717, 1.165) is 0 Å². The van der Waals surface area contributed by atoms with Gasteiger partial charge >= 0.3 is 13.2 Å². The zero-order valence-electron chi connectivity index (χ0n) is 15.2. The van der Waals surface area contributed by atoms with Crippen LogP contribution in [0.5, 0.6) is 0 Å². The molecule has 2 saturated heterocycles. The fraction of sp³-hybridized carbons (Fsp3) is 0.938. The zero-order valence-corrected chi connectivity index (χ0v) is 15.2. The van der Waals surface area contributed by atoms with Crippen molar-refractivity contribution in [1.82, 2.24) is 4.90 Å². The van der Waals surface area contributed by atoms with Gasteiger partial charge in [-0.05, 0) is 48.5 Å². The van der Waals surface area contributed by atoms with Crippen LogP contribution in [-0.2, 0) is 18.8 Å². The largest absolute Gasteiger partial charge is 0.466 e. The highest BCUT2D eigenvalue weighted by Gasteiger charge is 2.69. The molecule has 7 heteroatoms. The highest BCUT2D eigenvalue weighted by molar-refractivity contribution is 6.49. The van der Waals surface area contributed by atoms with Gasteiger partial charge in [0.25, 0.3) is 0 Å². The molecule has 2 aliphatic heterocycles. The first kappa shape index (κ1) is 17.1. The topological polar surface area (TPSA) is 57.2 Å². The third kappa shape index (κ3) is 2.99. The Bertz CT molecular complexity index is 485. The first-order chi connectivity index (χ1) is 10.4. The lowest BCUT2D eigenvalue weighted by molar-refractivity contribution is -0.00882. The van der Waals surface area contributed by atoms with Crippen molar-refractivity contribution in [2.75, 3.05) is 13.2 Å². The molecule has 2 heterocycles. The smallest absolute Gasteiger partial charge is 0.444 e. The molecule has 1 aliphatic carbocycles. The van der Waals surface area contributed by atoms with Crippen LogP contribution in [-0.4, -0.2) is 60.2 Å². The molecule has 0 spiro atoms. The summed E-state index contributed by atoms with van der Waals surface area (Å²) in [6.07, 6.45) is -0.305. The molecule has 0 bridgehead atoms. The number of carbonyl (C=O) groups is 1. The molecule has 0 N–H and O–H groups in total. The van der Waals surface area contributed by atoms with Crippen molar-refractivity contribution in [3.05, 3.63) is 0 Å². The van der Waals surface area contributed by atoms with Crippen molar-refractivity contribution in [3.63, 3.8) is 0 Å². The van der Waals surface area contributed by atoms with Crippen molar-refractivity contribution in [2.24, 2.45) is 0 Å². The van der Waals surface area contributed by atoms with E-state index in [1.165, 1.54) is 0 Å². The highest BCUT2D eigenvalue weighted by atomic mass is 16.7. The number of rotatable bonds is 1. The maximum Gasteiger partial charge on any atom is 0.466 e.